The molecule has 0 saturated heterocycles. The molecule has 4 rings (SSSR count). The standard InChI is InChI=1S/C23H22N4O4S/c1-13-3-2-4-14(9-13)12-32-23-26-21-20(22(30)27-23)17(10-19(29)25-21)15-5-7-16(8-6-15)31-11-18(24)28/h2-9,17H,10-12H2,1H3,(H2,24,28)(H2,25,26,27,29,30). The predicted molar refractivity (Wildman–Crippen MR) is 122 cm³/mol. The van der Waals surface area contributed by atoms with Crippen LogP contribution in [0.25, 0.3) is 0 Å². The minimum Gasteiger partial charge on any atom is -0.484 e. The number of amides is 2. The van der Waals surface area contributed by atoms with Crippen LogP contribution >= 0.6 is 11.8 Å². The largest absolute Gasteiger partial charge is 0.484 e. The Labute approximate surface area is 188 Å². The van der Waals surface area contributed by atoms with Crippen molar-refractivity contribution in [3.8, 4) is 5.75 Å². The van der Waals surface area contributed by atoms with Crippen molar-refractivity contribution in [3.63, 3.8) is 0 Å². The maximum absolute atomic E-state index is 12.9. The Morgan fingerprint density at radius 1 is 1.22 bits per heavy atom. The van der Waals surface area contributed by atoms with Gasteiger partial charge in [0.05, 0.1) is 5.56 Å². The molecule has 8 nitrogen and oxygen atoms in total. The van der Waals surface area contributed by atoms with E-state index in [2.05, 4.69) is 21.4 Å². The van der Waals surface area contributed by atoms with Crippen LogP contribution in [0.15, 0.2) is 58.5 Å². The van der Waals surface area contributed by atoms with Crippen LogP contribution in [-0.4, -0.2) is 28.4 Å². The molecular formula is C23H22N4O4S. The molecule has 1 aliphatic heterocycles. The van der Waals surface area contributed by atoms with Crippen LogP contribution in [0.1, 0.15) is 34.6 Å². The van der Waals surface area contributed by atoms with E-state index in [0.717, 1.165) is 16.7 Å². The van der Waals surface area contributed by atoms with E-state index in [1.807, 2.05) is 25.1 Å². The SMILES string of the molecule is Cc1cccc(CSc2nc3c(c(=O)[nH]2)C(c2ccc(OCC(N)=O)cc2)CC(=O)N3)c1. The molecule has 4 N–H and O–H groups in total. The fourth-order valence-electron chi connectivity index (χ4n) is 3.61. The number of carbonyl (C=O) groups is 2. The zero-order valence-electron chi connectivity index (χ0n) is 17.4. The van der Waals surface area contributed by atoms with Gasteiger partial charge >= 0.3 is 0 Å². The quantitative estimate of drug-likeness (QED) is 0.375. The van der Waals surface area contributed by atoms with E-state index in [1.165, 1.54) is 11.8 Å². The lowest BCUT2D eigenvalue weighted by Gasteiger charge is -2.24. The summed E-state index contributed by atoms with van der Waals surface area (Å²) in [6.45, 7) is 1.81. The fourth-order valence-corrected chi connectivity index (χ4v) is 4.41. The third-order valence-electron chi connectivity index (χ3n) is 5.05. The maximum Gasteiger partial charge on any atom is 0.257 e. The third kappa shape index (κ3) is 5.00. The molecular weight excluding hydrogens is 428 g/mol. The van der Waals surface area contributed by atoms with Crippen molar-refractivity contribution in [2.75, 3.05) is 11.9 Å². The molecule has 0 saturated carbocycles. The van der Waals surface area contributed by atoms with Crippen LogP contribution in [0.4, 0.5) is 5.82 Å². The second kappa shape index (κ2) is 9.27. The van der Waals surface area contributed by atoms with Crippen LogP contribution in [0.2, 0.25) is 0 Å². The van der Waals surface area contributed by atoms with E-state index in [9.17, 15) is 14.4 Å². The van der Waals surface area contributed by atoms with Crippen molar-refractivity contribution in [3.05, 3.63) is 81.1 Å². The van der Waals surface area contributed by atoms with Gasteiger partial charge in [-0.3, -0.25) is 14.4 Å². The molecule has 0 radical (unpaired) electrons. The molecule has 1 unspecified atom stereocenters. The number of nitrogens with zero attached hydrogens (tertiary/aromatic N) is 1. The maximum atomic E-state index is 12.9. The van der Waals surface area contributed by atoms with E-state index in [4.69, 9.17) is 10.5 Å². The molecule has 9 heteroatoms. The number of primary amides is 1. The number of fused-ring (bicyclic) bond motifs is 1. The van der Waals surface area contributed by atoms with Crippen LogP contribution in [0, 0.1) is 6.92 Å². The number of H-pyrrole nitrogens is 1. The normalized spacial score (nSPS) is 15.0. The van der Waals surface area contributed by atoms with Crippen LogP contribution in [0.5, 0.6) is 5.75 Å². The van der Waals surface area contributed by atoms with Gasteiger partial charge in [-0.2, -0.15) is 0 Å². The smallest absolute Gasteiger partial charge is 0.257 e. The van der Waals surface area contributed by atoms with Crippen molar-refractivity contribution in [1.82, 2.24) is 9.97 Å². The Kier molecular flexibility index (Phi) is 6.27. The lowest BCUT2D eigenvalue weighted by molar-refractivity contribution is -0.120. The number of rotatable bonds is 7. The molecule has 1 atom stereocenters. The summed E-state index contributed by atoms with van der Waals surface area (Å²) in [7, 11) is 0. The lowest BCUT2D eigenvalue weighted by Crippen LogP contribution is -2.31. The summed E-state index contributed by atoms with van der Waals surface area (Å²) < 4.78 is 5.27. The first-order chi connectivity index (χ1) is 15.4. The van der Waals surface area contributed by atoms with Crippen LogP contribution in [0.3, 0.4) is 0 Å². The predicted octanol–water partition coefficient (Wildman–Crippen LogP) is 2.71. The minimum absolute atomic E-state index is 0.134. The zero-order valence-corrected chi connectivity index (χ0v) is 18.2. The van der Waals surface area contributed by atoms with Crippen molar-refractivity contribution < 1.29 is 14.3 Å². The first kappa shape index (κ1) is 21.6. The van der Waals surface area contributed by atoms with Crippen molar-refractivity contribution in [2.45, 2.75) is 30.2 Å². The number of thioether (sulfide) groups is 1. The number of aryl methyl sites for hydroxylation is 1. The summed E-state index contributed by atoms with van der Waals surface area (Å²) in [5.41, 5.74) is 8.30. The van der Waals surface area contributed by atoms with E-state index in [0.29, 0.717) is 22.2 Å². The van der Waals surface area contributed by atoms with Gasteiger partial charge in [-0.25, -0.2) is 4.98 Å². The number of ether oxygens (including phenoxy) is 1. The number of hydrogen-bond acceptors (Lipinski definition) is 6. The topological polar surface area (TPSA) is 127 Å². The summed E-state index contributed by atoms with van der Waals surface area (Å²) in [5.74, 6) is 0.202. The van der Waals surface area contributed by atoms with Crippen molar-refractivity contribution in [2.24, 2.45) is 5.73 Å². The van der Waals surface area contributed by atoms with Crippen LogP contribution in [-0.2, 0) is 15.3 Å². The zero-order chi connectivity index (χ0) is 22.7. The summed E-state index contributed by atoms with van der Waals surface area (Å²) in [4.78, 5) is 43.5. The second-order valence-corrected chi connectivity index (χ2v) is 8.50. The Morgan fingerprint density at radius 2 is 2.00 bits per heavy atom. The average molecular weight is 451 g/mol. The Bertz CT molecular complexity index is 1220. The van der Waals surface area contributed by atoms with Gasteiger partial charge in [-0.05, 0) is 30.2 Å². The number of anilines is 1. The van der Waals surface area contributed by atoms with Gasteiger partial charge in [0.1, 0.15) is 11.6 Å². The number of benzene rings is 2. The van der Waals surface area contributed by atoms with Crippen LogP contribution < -0.4 is 21.3 Å². The summed E-state index contributed by atoms with van der Waals surface area (Å²) >= 11 is 1.40. The fraction of sp³-hybridized carbons (Fsp3) is 0.217. The molecule has 0 bridgehead atoms. The first-order valence-corrected chi connectivity index (χ1v) is 11.0. The van der Waals surface area contributed by atoms with E-state index >= 15 is 0 Å². The van der Waals surface area contributed by atoms with Crippen molar-refractivity contribution in [1.29, 1.82) is 0 Å². The molecule has 2 aromatic carbocycles. The van der Waals surface area contributed by atoms with E-state index in [1.54, 1.807) is 24.3 Å². The highest BCUT2D eigenvalue weighted by Crippen LogP contribution is 2.35. The summed E-state index contributed by atoms with van der Waals surface area (Å²) in [6.07, 6.45) is 0.134. The van der Waals surface area contributed by atoms with Crippen molar-refractivity contribution >= 4 is 29.4 Å². The van der Waals surface area contributed by atoms with Gasteiger partial charge in [0.2, 0.25) is 5.91 Å². The van der Waals surface area contributed by atoms with Gasteiger partial charge in [0, 0.05) is 18.1 Å². The second-order valence-electron chi connectivity index (χ2n) is 7.54. The highest BCUT2D eigenvalue weighted by molar-refractivity contribution is 7.98. The van der Waals surface area contributed by atoms with Gasteiger partial charge < -0.3 is 20.8 Å². The number of hydrogen-bond donors (Lipinski definition) is 3. The Hall–Kier alpha value is -3.59. The van der Waals surface area contributed by atoms with Gasteiger partial charge in [-0.15, -0.1) is 0 Å². The number of carbonyl (C=O) groups excluding carboxylic acids is 2. The minimum atomic E-state index is -0.569. The molecule has 1 aliphatic rings. The molecule has 164 valence electrons. The molecule has 1 aromatic heterocycles. The van der Waals surface area contributed by atoms with Gasteiger partial charge in [0.25, 0.3) is 11.5 Å². The average Bonchev–Trinajstić information content (AvgIpc) is 2.76. The van der Waals surface area contributed by atoms with E-state index in [-0.39, 0.29) is 30.3 Å². The number of nitrogens with two attached hydrogens (primary N) is 1. The van der Waals surface area contributed by atoms with Gasteiger partial charge in [-0.1, -0.05) is 53.7 Å². The Balaban J connectivity index is 1.57. The molecule has 0 spiro atoms. The highest BCUT2D eigenvalue weighted by atomic mass is 32.2. The number of aromatic amines is 1. The third-order valence-corrected chi connectivity index (χ3v) is 6.00. The monoisotopic (exact) mass is 450 g/mol. The molecule has 2 heterocycles. The molecule has 3 aromatic rings. The van der Waals surface area contributed by atoms with E-state index < -0.39 is 11.8 Å². The highest BCUT2D eigenvalue weighted by Gasteiger charge is 2.31. The van der Waals surface area contributed by atoms with Gasteiger partial charge in [0.15, 0.2) is 11.8 Å². The molecule has 0 aliphatic carbocycles. The summed E-state index contributed by atoms with van der Waals surface area (Å²) in [6, 6.07) is 15.0. The lowest BCUT2D eigenvalue weighted by atomic mass is 9.87. The number of aromatic nitrogens is 2. The molecule has 2 amide bonds. The Morgan fingerprint density at radius 3 is 2.72 bits per heavy atom. The summed E-state index contributed by atoms with van der Waals surface area (Å²) in [5, 5.41) is 3.18. The molecule has 0 fully saturated rings. The molecule has 32 heavy (non-hydrogen) atoms. The first-order valence-electron chi connectivity index (χ1n) is 10.0. The number of nitrogens with one attached hydrogen (secondary N) is 2.